The molecule has 0 saturated carbocycles. The number of rotatable bonds is 8. The maximum Gasteiger partial charge on any atom is 0.408 e. The third-order valence-corrected chi connectivity index (χ3v) is 4.09. The number of hydrogen-bond acceptors (Lipinski definition) is 7. The Labute approximate surface area is 208 Å². The maximum atomic E-state index is 13.2. The van der Waals surface area contributed by atoms with E-state index in [0.717, 1.165) is 5.56 Å². The third-order valence-electron chi connectivity index (χ3n) is 4.09. The summed E-state index contributed by atoms with van der Waals surface area (Å²) in [4.78, 5) is 51.0. The van der Waals surface area contributed by atoms with Crippen LogP contribution < -0.4 is 10.6 Å². The molecule has 2 atom stereocenters. The summed E-state index contributed by atoms with van der Waals surface area (Å²) in [5.74, 6) is -2.07. The molecule has 0 aliphatic rings. The summed E-state index contributed by atoms with van der Waals surface area (Å²) in [7, 11) is 0. The molecule has 0 aliphatic carbocycles. The van der Waals surface area contributed by atoms with E-state index in [2.05, 4.69) is 10.6 Å². The van der Waals surface area contributed by atoms with Gasteiger partial charge in [0.2, 0.25) is 5.91 Å². The van der Waals surface area contributed by atoms with Gasteiger partial charge in [0.15, 0.2) is 0 Å². The van der Waals surface area contributed by atoms with Crippen LogP contribution >= 0.6 is 0 Å². The molecule has 9 heteroatoms. The van der Waals surface area contributed by atoms with Crippen molar-refractivity contribution in [1.82, 2.24) is 10.6 Å². The summed E-state index contributed by atoms with van der Waals surface area (Å²) in [6.45, 7) is 15.3. The van der Waals surface area contributed by atoms with Gasteiger partial charge in [0.1, 0.15) is 28.9 Å². The number of hydrogen-bond donors (Lipinski definition) is 2. The Morgan fingerprint density at radius 2 is 1.23 bits per heavy atom. The molecule has 196 valence electrons. The average Bonchev–Trinajstić information content (AvgIpc) is 2.63. The molecule has 0 fully saturated rings. The van der Waals surface area contributed by atoms with E-state index in [9.17, 15) is 19.2 Å². The van der Waals surface area contributed by atoms with Gasteiger partial charge in [0, 0.05) is 6.42 Å². The topological polar surface area (TPSA) is 120 Å². The van der Waals surface area contributed by atoms with E-state index in [1.54, 1.807) is 62.3 Å². The van der Waals surface area contributed by atoms with Crippen LogP contribution in [0.25, 0.3) is 0 Å². The van der Waals surface area contributed by atoms with E-state index < -0.39 is 59.2 Å². The molecule has 9 nitrogen and oxygen atoms in total. The van der Waals surface area contributed by atoms with Gasteiger partial charge in [-0.1, -0.05) is 30.3 Å². The fraction of sp³-hybridized carbons (Fsp3) is 0.615. The lowest BCUT2D eigenvalue weighted by Crippen LogP contribution is -2.54. The van der Waals surface area contributed by atoms with Crippen molar-refractivity contribution < 1.29 is 33.4 Å². The van der Waals surface area contributed by atoms with E-state index in [1.165, 1.54) is 0 Å². The van der Waals surface area contributed by atoms with Crippen LogP contribution in [0.3, 0.4) is 0 Å². The van der Waals surface area contributed by atoms with Crippen molar-refractivity contribution in [2.75, 3.05) is 0 Å². The van der Waals surface area contributed by atoms with E-state index in [0.29, 0.717) is 0 Å². The van der Waals surface area contributed by atoms with E-state index >= 15 is 0 Å². The minimum Gasteiger partial charge on any atom is -0.460 e. The predicted octanol–water partition coefficient (Wildman–Crippen LogP) is 3.68. The summed E-state index contributed by atoms with van der Waals surface area (Å²) in [6.07, 6.45) is -1.17. The third kappa shape index (κ3) is 13.4. The molecular formula is C26H40N2O7. The molecule has 2 N–H and O–H groups in total. The standard InChI is InChI=1S/C26H40N2O7/c1-24(2,3)33-20(29)16-18(28-23(32)35-26(7,8)9)21(30)27-19(22(31)34-25(4,5)6)15-17-13-11-10-12-14-17/h10-14,18-19H,15-16H2,1-9H3,(H,27,30)(H,28,32). The molecule has 0 aliphatic heterocycles. The monoisotopic (exact) mass is 492 g/mol. The van der Waals surface area contributed by atoms with Crippen molar-refractivity contribution in [2.24, 2.45) is 0 Å². The smallest absolute Gasteiger partial charge is 0.408 e. The normalized spacial score (nSPS) is 13.7. The first kappa shape index (κ1) is 29.9. The Morgan fingerprint density at radius 1 is 0.714 bits per heavy atom. The lowest BCUT2D eigenvalue weighted by atomic mass is 10.0. The van der Waals surface area contributed by atoms with Crippen LogP contribution in [0.15, 0.2) is 30.3 Å². The molecule has 35 heavy (non-hydrogen) atoms. The minimum atomic E-state index is -1.33. The van der Waals surface area contributed by atoms with Crippen molar-refractivity contribution in [3.05, 3.63) is 35.9 Å². The van der Waals surface area contributed by atoms with Crippen molar-refractivity contribution in [2.45, 2.75) is 104 Å². The highest BCUT2D eigenvalue weighted by Crippen LogP contribution is 2.14. The number of nitrogens with one attached hydrogen (secondary N) is 2. The van der Waals surface area contributed by atoms with Crippen LogP contribution in [0.1, 0.15) is 74.3 Å². The highest BCUT2D eigenvalue weighted by molar-refractivity contribution is 5.92. The second-order valence-electron chi connectivity index (χ2n) is 11.3. The first-order valence-corrected chi connectivity index (χ1v) is 11.6. The zero-order valence-electron chi connectivity index (χ0n) is 22.3. The molecule has 2 unspecified atom stereocenters. The zero-order valence-corrected chi connectivity index (χ0v) is 22.3. The maximum absolute atomic E-state index is 13.2. The molecule has 1 aromatic carbocycles. The predicted molar refractivity (Wildman–Crippen MR) is 132 cm³/mol. The van der Waals surface area contributed by atoms with Gasteiger partial charge in [-0.2, -0.15) is 0 Å². The fourth-order valence-electron chi connectivity index (χ4n) is 2.90. The number of carbonyl (C=O) groups is 4. The Bertz CT molecular complexity index is 848. The van der Waals surface area contributed by atoms with Crippen LogP contribution in [0.4, 0.5) is 4.79 Å². The lowest BCUT2D eigenvalue weighted by molar-refractivity contribution is -0.159. The average molecular weight is 493 g/mol. The molecule has 0 heterocycles. The fourth-order valence-corrected chi connectivity index (χ4v) is 2.90. The summed E-state index contributed by atoms with van der Waals surface area (Å²) >= 11 is 0. The molecule has 0 spiro atoms. The molecule has 0 saturated heterocycles. The number of benzene rings is 1. The lowest BCUT2D eigenvalue weighted by Gasteiger charge is -2.27. The highest BCUT2D eigenvalue weighted by Gasteiger charge is 2.33. The first-order valence-electron chi connectivity index (χ1n) is 11.6. The Kier molecular flexibility index (Phi) is 10.3. The van der Waals surface area contributed by atoms with Crippen LogP contribution in [0, 0.1) is 0 Å². The van der Waals surface area contributed by atoms with Gasteiger partial charge < -0.3 is 24.8 Å². The number of carbonyl (C=O) groups excluding carboxylic acids is 4. The van der Waals surface area contributed by atoms with E-state index in [1.807, 2.05) is 30.3 Å². The van der Waals surface area contributed by atoms with Gasteiger partial charge in [-0.3, -0.25) is 9.59 Å². The van der Waals surface area contributed by atoms with Gasteiger partial charge >= 0.3 is 18.0 Å². The quantitative estimate of drug-likeness (QED) is 0.419. The second kappa shape index (κ2) is 12.0. The number of ether oxygens (including phenoxy) is 3. The second-order valence-corrected chi connectivity index (χ2v) is 11.3. The van der Waals surface area contributed by atoms with Crippen LogP contribution in [-0.2, 0) is 35.0 Å². The van der Waals surface area contributed by atoms with Crippen molar-refractivity contribution in [3.8, 4) is 0 Å². The molecule has 1 rings (SSSR count). The Morgan fingerprint density at radius 3 is 1.71 bits per heavy atom. The van der Waals surface area contributed by atoms with Gasteiger partial charge in [0.25, 0.3) is 0 Å². The van der Waals surface area contributed by atoms with Gasteiger partial charge in [-0.25, -0.2) is 9.59 Å². The first-order chi connectivity index (χ1) is 15.8. The Hall–Kier alpha value is -3.10. The Balaban J connectivity index is 3.14. The summed E-state index contributed by atoms with van der Waals surface area (Å²) < 4.78 is 16.0. The van der Waals surface area contributed by atoms with Crippen molar-refractivity contribution >= 4 is 23.9 Å². The van der Waals surface area contributed by atoms with Crippen molar-refractivity contribution in [1.29, 1.82) is 0 Å². The SMILES string of the molecule is CC(C)(C)OC(=O)CC(NC(=O)OC(C)(C)C)C(=O)NC(Cc1ccccc1)C(=O)OC(C)(C)C. The molecular weight excluding hydrogens is 452 g/mol. The molecule has 0 bridgehead atoms. The number of amides is 2. The van der Waals surface area contributed by atoms with Crippen LogP contribution in [0.2, 0.25) is 0 Å². The largest absolute Gasteiger partial charge is 0.460 e. The summed E-state index contributed by atoms with van der Waals surface area (Å²) in [5, 5.41) is 5.05. The van der Waals surface area contributed by atoms with E-state index in [-0.39, 0.29) is 6.42 Å². The van der Waals surface area contributed by atoms with Crippen molar-refractivity contribution in [3.63, 3.8) is 0 Å². The molecule has 0 radical (unpaired) electrons. The van der Waals surface area contributed by atoms with Crippen LogP contribution in [0.5, 0.6) is 0 Å². The van der Waals surface area contributed by atoms with Crippen LogP contribution in [-0.4, -0.2) is 52.8 Å². The molecule has 0 aromatic heterocycles. The number of esters is 2. The molecule has 2 amide bonds. The van der Waals surface area contributed by atoms with Gasteiger partial charge in [-0.05, 0) is 67.9 Å². The summed E-state index contributed by atoms with van der Waals surface area (Å²) in [5.41, 5.74) is -1.58. The zero-order chi connectivity index (χ0) is 27.0. The van der Waals surface area contributed by atoms with Gasteiger partial charge in [0.05, 0.1) is 6.42 Å². The minimum absolute atomic E-state index is 0.160. The molecule has 1 aromatic rings. The van der Waals surface area contributed by atoms with Gasteiger partial charge in [-0.15, -0.1) is 0 Å². The summed E-state index contributed by atoms with van der Waals surface area (Å²) in [6, 6.07) is 6.73. The number of alkyl carbamates (subject to hydrolysis) is 1. The van der Waals surface area contributed by atoms with E-state index in [4.69, 9.17) is 14.2 Å². The highest BCUT2D eigenvalue weighted by atomic mass is 16.6.